The maximum Gasteiger partial charge on any atom is 0.341 e. The van der Waals surface area contributed by atoms with Gasteiger partial charge in [-0.3, -0.25) is 4.31 Å². The molecule has 0 aliphatic carbocycles. The lowest BCUT2D eigenvalue weighted by Gasteiger charge is -2.22. The van der Waals surface area contributed by atoms with Gasteiger partial charge >= 0.3 is 5.97 Å². The van der Waals surface area contributed by atoms with Gasteiger partial charge in [-0.05, 0) is 66.4 Å². The van der Waals surface area contributed by atoms with Crippen LogP contribution in [0.4, 0.5) is 5.69 Å². The van der Waals surface area contributed by atoms with Crippen molar-refractivity contribution in [2.24, 2.45) is 0 Å². The molecule has 1 aliphatic heterocycles. The number of fused-ring (bicyclic) bond motifs is 1. The predicted octanol–water partition coefficient (Wildman–Crippen LogP) is 4.92. The van der Waals surface area contributed by atoms with Crippen LogP contribution < -0.4 is 9.04 Å². The molecule has 0 fully saturated rings. The Kier molecular flexibility index (Phi) is 5.70. The molecule has 0 aromatic heterocycles. The standard InChI is InChI=1S/C26H27NO5S/c1-17-5-7-19(8-6-17)20-9-11-23-22(14-20)26(3,4)16-27(23)33(30,31)21-10-12-24(18(2)13-21)32-15-25(28)29/h5-14H,15-16H2,1-4H3,(H,28,29). The van der Waals surface area contributed by atoms with Crippen molar-refractivity contribution in [1.29, 1.82) is 0 Å². The summed E-state index contributed by atoms with van der Waals surface area (Å²) in [4.78, 5) is 10.9. The average molecular weight is 466 g/mol. The van der Waals surface area contributed by atoms with E-state index in [1.165, 1.54) is 28.1 Å². The fourth-order valence-electron chi connectivity index (χ4n) is 4.18. The number of ether oxygens (including phenoxy) is 1. The Morgan fingerprint density at radius 2 is 1.67 bits per heavy atom. The number of carboxylic acid groups (broad SMARTS) is 1. The first-order valence-electron chi connectivity index (χ1n) is 10.7. The molecule has 0 amide bonds. The molecule has 1 aliphatic rings. The van der Waals surface area contributed by atoms with E-state index in [0.717, 1.165) is 16.7 Å². The van der Waals surface area contributed by atoms with Gasteiger partial charge in [0, 0.05) is 12.0 Å². The number of hydrogen-bond donors (Lipinski definition) is 1. The molecule has 0 radical (unpaired) electrons. The Hall–Kier alpha value is -3.32. The van der Waals surface area contributed by atoms with Gasteiger partial charge in [-0.2, -0.15) is 0 Å². The Bertz CT molecular complexity index is 1330. The Morgan fingerprint density at radius 3 is 2.30 bits per heavy atom. The first-order valence-corrected chi connectivity index (χ1v) is 12.1. The van der Waals surface area contributed by atoms with Crippen LogP contribution in [0.1, 0.15) is 30.5 Å². The quantitative estimate of drug-likeness (QED) is 0.559. The summed E-state index contributed by atoms with van der Waals surface area (Å²) in [6.45, 7) is 7.70. The number of rotatable bonds is 6. The number of anilines is 1. The number of nitrogens with zero attached hydrogens (tertiary/aromatic N) is 1. The second-order valence-electron chi connectivity index (χ2n) is 9.10. The van der Waals surface area contributed by atoms with Crippen molar-refractivity contribution in [3.05, 3.63) is 77.4 Å². The van der Waals surface area contributed by atoms with E-state index in [9.17, 15) is 13.2 Å². The molecule has 0 bridgehead atoms. The van der Waals surface area contributed by atoms with Gasteiger partial charge in [-0.25, -0.2) is 13.2 Å². The minimum Gasteiger partial charge on any atom is -0.482 e. The van der Waals surface area contributed by atoms with Crippen molar-refractivity contribution in [2.45, 2.75) is 38.0 Å². The molecule has 3 aromatic carbocycles. The summed E-state index contributed by atoms with van der Waals surface area (Å²) in [6.07, 6.45) is 0. The lowest BCUT2D eigenvalue weighted by molar-refractivity contribution is -0.139. The molecule has 33 heavy (non-hydrogen) atoms. The van der Waals surface area contributed by atoms with Gasteiger partial charge < -0.3 is 9.84 Å². The van der Waals surface area contributed by atoms with Gasteiger partial charge in [0.05, 0.1) is 10.6 Å². The molecule has 1 N–H and O–H groups in total. The lowest BCUT2D eigenvalue weighted by atomic mass is 9.85. The second-order valence-corrected chi connectivity index (χ2v) is 11.0. The largest absolute Gasteiger partial charge is 0.482 e. The van der Waals surface area contributed by atoms with Gasteiger partial charge in [0.15, 0.2) is 6.61 Å². The summed E-state index contributed by atoms with van der Waals surface area (Å²) in [5, 5.41) is 8.81. The summed E-state index contributed by atoms with van der Waals surface area (Å²) >= 11 is 0. The number of hydrogen-bond acceptors (Lipinski definition) is 4. The maximum absolute atomic E-state index is 13.6. The second kappa shape index (κ2) is 8.23. The predicted molar refractivity (Wildman–Crippen MR) is 128 cm³/mol. The number of aliphatic carboxylic acids is 1. The molecular weight excluding hydrogens is 438 g/mol. The van der Waals surface area contributed by atoms with Crippen molar-refractivity contribution < 1.29 is 23.1 Å². The highest BCUT2D eigenvalue weighted by molar-refractivity contribution is 7.92. The van der Waals surface area contributed by atoms with E-state index in [2.05, 4.69) is 30.3 Å². The van der Waals surface area contributed by atoms with Crippen molar-refractivity contribution in [3.8, 4) is 16.9 Å². The first kappa shape index (κ1) is 22.9. The van der Waals surface area contributed by atoms with Crippen molar-refractivity contribution >= 4 is 21.7 Å². The zero-order valence-electron chi connectivity index (χ0n) is 19.1. The summed E-state index contributed by atoms with van der Waals surface area (Å²) < 4.78 is 33.9. The van der Waals surface area contributed by atoms with Crippen LogP contribution in [-0.4, -0.2) is 32.6 Å². The summed E-state index contributed by atoms with van der Waals surface area (Å²) in [5.74, 6) is -0.742. The van der Waals surface area contributed by atoms with E-state index in [-0.39, 0.29) is 10.3 Å². The molecule has 0 saturated carbocycles. The molecule has 0 unspecified atom stereocenters. The molecular formula is C26H27NO5S. The van der Waals surface area contributed by atoms with Crippen LogP contribution in [0.3, 0.4) is 0 Å². The SMILES string of the molecule is Cc1ccc(-c2ccc3c(c2)C(C)(C)CN3S(=O)(=O)c2ccc(OCC(=O)O)c(C)c2)cc1. The van der Waals surface area contributed by atoms with Crippen LogP contribution in [0.2, 0.25) is 0 Å². The Morgan fingerprint density at radius 1 is 1.00 bits per heavy atom. The zero-order valence-corrected chi connectivity index (χ0v) is 19.9. The summed E-state index contributed by atoms with van der Waals surface area (Å²) in [5.41, 5.74) is 5.20. The van der Waals surface area contributed by atoms with Crippen LogP contribution in [0.5, 0.6) is 5.75 Å². The maximum atomic E-state index is 13.6. The molecule has 0 spiro atoms. The van der Waals surface area contributed by atoms with Crippen LogP contribution >= 0.6 is 0 Å². The summed E-state index contributed by atoms with van der Waals surface area (Å²) in [7, 11) is -3.82. The van der Waals surface area contributed by atoms with Crippen LogP contribution in [0, 0.1) is 13.8 Å². The van der Waals surface area contributed by atoms with Crippen molar-refractivity contribution in [1.82, 2.24) is 0 Å². The molecule has 6 nitrogen and oxygen atoms in total. The molecule has 0 saturated heterocycles. The zero-order chi connectivity index (χ0) is 24.0. The highest BCUT2D eigenvalue weighted by Gasteiger charge is 2.41. The monoisotopic (exact) mass is 465 g/mol. The number of carbonyl (C=O) groups is 1. The molecule has 0 atom stereocenters. The van der Waals surface area contributed by atoms with Gasteiger partial charge in [0.2, 0.25) is 0 Å². The fraction of sp³-hybridized carbons (Fsp3) is 0.269. The minimum absolute atomic E-state index is 0.147. The molecule has 1 heterocycles. The molecule has 7 heteroatoms. The molecule has 172 valence electrons. The van der Waals surface area contributed by atoms with E-state index in [4.69, 9.17) is 9.84 Å². The topological polar surface area (TPSA) is 83.9 Å². The van der Waals surface area contributed by atoms with Gasteiger partial charge in [0.25, 0.3) is 10.0 Å². The summed E-state index contributed by atoms with van der Waals surface area (Å²) in [6, 6.07) is 18.7. The fourth-order valence-corrected chi connectivity index (χ4v) is 5.91. The Labute approximate surface area is 194 Å². The van der Waals surface area contributed by atoms with Crippen molar-refractivity contribution in [2.75, 3.05) is 17.5 Å². The average Bonchev–Trinajstić information content (AvgIpc) is 3.04. The Balaban J connectivity index is 1.70. The van der Waals surface area contributed by atoms with Crippen LogP contribution in [0.15, 0.2) is 65.6 Å². The van der Waals surface area contributed by atoms with E-state index < -0.39 is 22.6 Å². The molecule has 4 rings (SSSR count). The molecule has 3 aromatic rings. The highest BCUT2D eigenvalue weighted by Crippen LogP contribution is 2.45. The van der Waals surface area contributed by atoms with E-state index in [1.807, 2.05) is 32.9 Å². The highest BCUT2D eigenvalue weighted by atomic mass is 32.2. The van der Waals surface area contributed by atoms with Gasteiger partial charge in [-0.15, -0.1) is 0 Å². The normalized spacial score (nSPS) is 14.7. The van der Waals surface area contributed by atoms with Crippen LogP contribution in [-0.2, 0) is 20.2 Å². The number of aryl methyl sites for hydroxylation is 2. The first-order chi connectivity index (χ1) is 15.5. The minimum atomic E-state index is -3.82. The third-order valence-corrected chi connectivity index (χ3v) is 7.76. The van der Waals surface area contributed by atoms with E-state index >= 15 is 0 Å². The van der Waals surface area contributed by atoms with Crippen molar-refractivity contribution in [3.63, 3.8) is 0 Å². The van der Waals surface area contributed by atoms with E-state index in [1.54, 1.807) is 6.92 Å². The van der Waals surface area contributed by atoms with Gasteiger partial charge in [-0.1, -0.05) is 49.7 Å². The van der Waals surface area contributed by atoms with E-state index in [0.29, 0.717) is 23.5 Å². The lowest BCUT2D eigenvalue weighted by Crippen LogP contribution is -2.34. The third-order valence-electron chi connectivity index (χ3n) is 6.00. The van der Waals surface area contributed by atoms with Gasteiger partial charge in [0.1, 0.15) is 5.75 Å². The smallest absolute Gasteiger partial charge is 0.341 e. The number of sulfonamides is 1. The third kappa shape index (κ3) is 4.33. The number of carboxylic acids is 1. The van der Waals surface area contributed by atoms with Crippen LogP contribution in [0.25, 0.3) is 11.1 Å². The number of benzene rings is 3.